The third-order valence-corrected chi connectivity index (χ3v) is 4.70. The lowest BCUT2D eigenvalue weighted by Gasteiger charge is -2.14. The number of hydrogen-bond donors (Lipinski definition) is 2. The van der Waals surface area contributed by atoms with E-state index in [1.54, 1.807) is 18.2 Å². The predicted octanol–water partition coefficient (Wildman–Crippen LogP) is 2.53. The zero-order valence-corrected chi connectivity index (χ0v) is 13.1. The minimum absolute atomic E-state index is 0.0351. The Morgan fingerprint density at radius 3 is 2.43 bits per heavy atom. The predicted molar refractivity (Wildman–Crippen MR) is 84.6 cm³/mol. The first-order valence-corrected chi connectivity index (χ1v) is 8.53. The van der Waals surface area contributed by atoms with Crippen LogP contribution < -0.4 is 4.72 Å². The van der Waals surface area contributed by atoms with Crippen molar-refractivity contribution in [3.8, 4) is 0 Å². The van der Waals surface area contributed by atoms with Crippen molar-refractivity contribution in [3.05, 3.63) is 42.5 Å². The van der Waals surface area contributed by atoms with Crippen LogP contribution in [0.15, 0.2) is 47.4 Å². The number of hydrogen-bond acceptors (Lipinski definition) is 3. The van der Waals surface area contributed by atoms with Gasteiger partial charge in [0.1, 0.15) is 0 Å². The first kappa shape index (κ1) is 15.9. The van der Waals surface area contributed by atoms with Gasteiger partial charge in [-0.15, -0.1) is 0 Å². The lowest BCUT2D eigenvalue weighted by atomic mass is 10.1. The summed E-state index contributed by atoms with van der Waals surface area (Å²) in [5.74, 6) is 0.324. The van der Waals surface area contributed by atoms with Crippen LogP contribution in [0.25, 0.3) is 10.8 Å². The zero-order chi connectivity index (χ0) is 15.5. The Bertz CT molecular complexity index is 710. The molecular formula is C16H21NO3S. The van der Waals surface area contributed by atoms with Gasteiger partial charge in [0.25, 0.3) is 0 Å². The van der Waals surface area contributed by atoms with Gasteiger partial charge < -0.3 is 5.11 Å². The molecule has 5 heteroatoms. The van der Waals surface area contributed by atoms with Gasteiger partial charge in [0.15, 0.2) is 0 Å². The molecule has 2 aromatic carbocycles. The normalized spacial score (nSPS) is 13.7. The average molecular weight is 307 g/mol. The Morgan fingerprint density at radius 1 is 1.10 bits per heavy atom. The second-order valence-corrected chi connectivity index (χ2v) is 7.41. The standard InChI is InChI=1S/C16H21NO3S/c1-12(2)9-15(18)11-17-21(19,20)16-8-7-13-5-3-4-6-14(13)10-16/h3-8,10,12,15,17-18H,9,11H2,1-2H3. The van der Waals surface area contributed by atoms with Gasteiger partial charge >= 0.3 is 0 Å². The largest absolute Gasteiger partial charge is 0.392 e. The number of rotatable bonds is 6. The molecule has 1 unspecified atom stereocenters. The minimum Gasteiger partial charge on any atom is -0.392 e. The van der Waals surface area contributed by atoms with Gasteiger partial charge in [-0.1, -0.05) is 44.2 Å². The molecule has 4 nitrogen and oxygen atoms in total. The lowest BCUT2D eigenvalue weighted by molar-refractivity contribution is 0.152. The van der Waals surface area contributed by atoms with Crippen LogP contribution in [0.4, 0.5) is 0 Å². The number of sulfonamides is 1. The molecule has 0 heterocycles. The maximum Gasteiger partial charge on any atom is 0.240 e. The quantitative estimate of drug-likeness (QED) is 0.862. The van der Waals surface area contributed by atoms with Gasteiger partial charge in [-0.2, -0.15) is 0 Å². The highest BCUT2D eigenvalue weighted by molar-refractivity contribution is 7.89. The van der Waals surface area contributed by atoms with Crippen molar-refractivity contribution in [3.63, 3.8) is 0 Å². The Labute approximate surface area is 125 Å². The van der Waals surface area contributed by atoms with Crippen molar-refractivity contribution in [2.45, 2.75) is 31.3 Å². The van der Waals surface area contributed by atoms with Crippen molar-refractivity contribution >= 4 is 20.8 Å². The molecule has 114 valence electrons. The summed E-state index contributed by atoms with van der Waals surface area (Å²) in [6, 6.07) is 12.6. The van der Waals surface area contributed by atoms with Crippen LogP contribution in [0.2, 0.25) is 0 Å². The molecule has 0 amide bonds. The number of benzene rings is 2. The highest BCUT2D eigenvalue weighted by Crippen LogP contribution is 2.18. The fourth-order valence-corrected chi connectivity index (χ4v) is 3.36. The summed E-state index contributed by atoms with van der Waals surface area (Å²) < 4.78 is 27.0. The molecule has 0 saturated carbocycles. The fourth-order valence-electron chi connectivity index (χ4n) is 2.25. The molecule has 0 fully saturated rings. The second kappa shape index (κ2) is 6.56. The summed E-state index contributed by atoms with van der Waals surface area (Å²) in [6.45, 7) is 4.01. The van der Waals surface area contributed by atoms with Crippen LogP contribution in [0.3, 0.4) is 0 Å². The molecule has 0 bridgehead atoms. The summed E-state index contributed by atoms with van der Waals surface area (Å²) in [6.07, 6.45) is -0.0968. The molecule has 0 saturated heterocycles. The van der Waals surface area contributed by atoms with Crippen LogP contribution in [0.5, 0.6) is 0 Å². The van der Waals surface area contributed by atoms with Crippen molar-refractivity contribution in [2.24, 2.45) is 5.92 Å². The first-order valence-electron chi connectivity index (χ1n) is 7.05. The smallest absolute Gasteiger partial charge is 0.240 e. The van der Waals surface area contributed by atoms with E-state index in [4.69, 9.17) is 0 Å². The molecule has 0 aromatic heterocycles. The summed E-state index contributed by atoms with van der Waals surface area (Å²) >= 11 is 0. The Morgan fingerprint density at radius 2 is 1.76 bits per heavy atom. The van der Waals surface area contributed by atoms with E-state index >= 15 is 0 Å². The maximum absolute atomic E-state index is 12.2. The van der Waals surface area contributed by atoms with E-state index < -0.39 is 16.1 Å². The van der Waals surface area contributed by atoms with E-state index in [-0.39, 0.29) is 11.4 Å². The van der Waals surface area contributed by atoms with E-state index in [1.165, 1.54) is 0 Å². The molecule has 0 aliphatic heterocycles. The monoisotopic (exact) mass is 307 g/mol. The van der Waals surface area contributed by atoms with Gasteiger partial charge in [-0.05, 0) is 35.2 Å². The summed E-state index contributed by atoms with van der Waals surface area (Å²) in [4.78, 5) is 0.220. The molecule has 21 heavy (non-hydrogen) atoms. The van der Waals surface area contributed by atoms with Gasteiger partial charge in [0, 0.05) is 6.54 Å². The number of nitrogens with one attached hydrogen (secondary N) is 1. The molecule has 2 rings (SSSR count). The molecule has 2 aromatic rings. The SMILES string of the molecule is CC(C)CC(O)CNS(=O)(=O)c1ccc2ccccc2c1. The molecule has 0 radical (unpaired) electrons. The molecule has 1 atom stereocenters. The first-order chi connectivity index (χ1) is 9.88. The average Bonchev–Trinajstić information content (AvgIpc) is 2.44. The van der Waals surface area contributed by atoms with Gasteiger partial charge in [0.05, 0.1) is 11.0 Å². The topological polar surface area (TPSA) is 66.4 Å². The zero-order valence-electron chi connectivity index (χ0n) is 12.3. The molecule has 0 spiro atoms. The van der Waals surface area contributed by atoms with E-state index in [2.05, 4.69) is 4.72 Å². The van der Waals surface area contributed by atoms with E-state index in [1.807, 2.05) is 38.1 Å². The Kier molecular flexibility index (Phi) is 4.98. The third kappa shape index (κ3) is 4.27. The van der Waals surface area contributed by atoms with Crippen LogP contribution >= 0.6 is 0 Å². The molecule has 0 aliphatic rings. The second-order valence-electron chi connectivity index (χ2n) is 5.64. The van der Waals surface area contributed by atoms with E-state index in [9.17, 15) is 13.5 Å². The minimum atomic E-state index is -3.59. The maximum atomic E-state index is 12.2. The number of fused-ring (bicyclic) bond motifs is 1. The third-order valence-electron chi connectivity index (χ3n) is 3.28. The van der Waals surface area contributed by atoms with Gasteiger partial charge in [0.2, 0.25) is 10.0 Å². The van der Waals surface area contributed by atoms with Crippen molar-refractivity contribution in [1.29, 1.82) is 0 Å². The van der Waals surface area contributed by atoms with Gasteiger partial charge in [-0.3, -0.25) is 0 Å². The fraction of sp³-hybridized carbons (Fsp3) is 0.375. The van der Waals surface area contributed by atoms with Crippen molar-refractivity contribution in [2.75, 3.05) is 6.54 Å². The van der Waals surface area contributed by atoms with Crippen molar-refractivity contribution in [1.82, 2.24) is 4.72 Å². The Balaban J connectivity index is 2.14. The summed E-state index contributed by atoms with van der Waals surface area (Å²) in [5, 5.41) is 11.6. The highest BCUT2D eigenvalue weighted by Gasteiger charge is 2.16. The van der Waals surface area contributed by atoms with Crippen LogP contribution in [-0.4, -0.2) is 26.2 Å². The molecule has 0 aliphatic carbocycles. The summed E-state index contributed by atoms with van der Waals surface area (Å²) in [7, 11) is -3.59. The van der Waals surface area contributed by atoms with E-state index in [0.29, 0.717) is 12.3 Å². The number of aliphatic hydroxyl groups is 1. The Hall–Kier alpha value is -1.43. The number of aliphatic hydroxyl groups excluding tert-OH is 1. The van der Waals surface area contributed by atoms with E-state index in [0.717, 1.165) is 10.8 Å². The molecule has 2 N–H and O–H groups in total. The van der Waals surface area contributed by atoms with Gasteiger partial charge in [-0.25, -0.2) is 13.1 Å². The van der Waals surface area contributed by atoms with Crippen molar-refractivity contribution < 1.29 is 13.5 Å². The highest BCUT2D eigenvalue weighted by atomic mass is 32.2. The van der Waals surface area contributed by atoms with Crippen LogP contribution in [0, 0.1) is 5.92 Å². The van der Waals surface area contributed by atoms with Crippen LogP contribution in [-0.2, 0) is 10.0 Å². The van der Waals surface area contributed by atoms with Crippen LogP contribution in [0.1, 0.15) is 20.3 Å². The lowest BCUT2D eigenvalue weighted by Crippen LogP contribution is -2.32. The molecular weight excluding hydrogens is 286 g/mol. The summed E-state index contributed by atoms with van der Waals surface area (Å²) in [5.41, 5.74) is 0.